The van der Waals surface area contributed by atoms with Gasteiger partial charge in [0.05, 0.1) is 27.5 Å². The summed E-state index contributed by atoms with van der Waals surface area (Å²) >= 11 is 2.99. The molecule has 6 nitrogen and oxygen atoms in total. The van der Waals surface area contributed by atoms with Crippen LogP contribution >= 0.6 is 23.1 Å². The highest BCUT2D eigenvalue weighted by atomic mass is 32.2. The number of aromatic nitrogens is 2. The van der Waals surface area contributed by atoms with Crippen molar-refractivity contribution in [1.29, 1.82) is 0 Å². The lowest BCUT2D eigenvalue weighted by Gasteiger charge is -2.27. The normalized spacial score (nSPS) is 15.8. The third-order valence-electron chi connectivity index (χ3n) is 5.27. The SMILES string of the molecule is C[C@@H]1CC(=O)Nc2ccccc2N1C(=O)CSc1nc(-c2cccs2)nc2ccccc12. The van der Waals surface area contributed by atoms with Crippen LogP contribution in [0, 0.1) is 0 Å². The van der Waals surface area contributed by atoms with E-state index in [2.05, 4.69) is 5.32 Å². The van der Waals surface area contributed by atoms with Crippen LogP contribution in [0.5, 0.6) is 0 Å². The Hall–Kier alpha value is -3.23. The fourth-order valence-corrected chi connectivity index (χ4v) is 5.38. The van der Waals surface area contributed by atoms with E-state index in [-0.39, 0.29) is 30.0 Å². The zero-order chi connectivity index (χ0) is 22.1. The summed E-state index contributed by atoms with van der Waals surface area (Å²) in [4.78, 5) is 37.8. The molecule has 2 aromatic heterocycles. The molecule has 0 fully saturated rings. The highest BCUT2D eigenvalue weighted by molar-refractivity contribution is 8.00. The van der Waals surface area contributed by atoms with Crippen molar-refractivity contribution < 1.29 is 9.59 Å². The number of anilines is 2. The molecule has 0 spiro atoms. The molecule has 160 valence electrons. The quantitative estimate of drug-likeness (QED) is 0.334. The number of benzene rings is 2. The Morgan fingerprint density at radius 2 is 1.94 bits per heavy atom. The van der Waals surface area contributed by atoms with Gasteiger partial charge in [-0.25, -0.2) is 9.97 Å². The molecule has 1 aliphatic heterocycles. The van der Waals surface area contributed by atoms with E-state index >= 15 is 0 Å². The van der Waals surface area contributed by atoms with E-state index < -0.39 is 0 Å². The number of nitrogens with one attached hydrogen (secondary N) is 1. The number of rotatable bonds is 4. The van der Waals surface area contributed by atoms with Crippen LogP contribution in [0.2, 0.25) is 0 Å². The van der Waals surface area contributed by atoms with Gasteiger partial charge in [0.15, 0.2) is 5.82 Å². The van der Waals surface area contributed by atoms with Crippen molar-refractivity contribution in [3.63, 3.8) is 0 Å². The van der Waals surface area contributed by atoms with E-state index in [1.54, 1.807) is 16.2 Å². The van der Waals surface area contributed by atoms with Gasteiger partial charge in [-0.15, -0.1) is 11.3 Å². The zero-order valence-electron chi connectivity index (χ0n) is 17.3. The van der Waals surface area contributed by atoms with Gasteiger partial charge in [-0.05, 0) is 36.6 Å². The Balaban J connectivity index is 1.46. The average molecular weight is 461 g/mol. The Kier molecular flexibility index (Phi) is 5.63. The van der Waals surface area contributed by atoms with Gasteiger partial charge in [0.1, 0.15) is 5.03 Å². The molecule has 0 unspecified atom stereocenters. The Labute approximate surface area is 193 Å². The third kappa shape index (κ3) is 3.99. The minimum Gasteiger partial charge on any atom is -0.324 e. The second kappa shape index (κ2) is 8.72. The molecular weight excluding hydrogens is 440 g/mol. The highest BCUT2D eigenvalue weighted by Crippen LogP contribution is 2.34. The molecule has 0 aliphatic carbocycles. The molecule has 2 amide bonds. The Morgan fingerprint density at radius 1 is 1.12 bits per heavy atom. The molecule has 0 radical (unpaired) electrons. The molecule has 32 heavy (non-hydrogen) atoms. The minimum atomic E-state index is -0.240. The number of fused-ring (bicyclic) bond motifs is 2. The van der Waals surface area contributed by atoms with Gasteiger partial charge in [-0.3, -0.25) is 9.59 Å². The largest absolute Gasteiger partial charge is 0.324 e. The summed E-state index contributed by atoms with van der Waals surface area (Å²) in [5, 5.41) is 6.60. The van der Waals surface area contributed by atoms with Crippen LogP contribution < -0.4 is 10.2 Å². The lowest BCUT2D eigenvalue weighted by molar-refractivity contribution is -0.117. The van der Waals surface area contributed by atoms with E-state index in [9.17, 15) is 9.59 Å². The number of amides is 2. The van der Waals surface area contributed by atoms with Gasteiger partial charge in [-0.1, -0.05) is 48.2 Å². The first kappa shape index (κ1) is 20.7. The topological polar surface area (TPSA) is 75.2 Å². The number of carbonyl (C=O) groups excluding carboxylic acids is 2. The van der Waals surface area contributed by atoms with Crippen LogP contribution in [0.25, 0.3) is 21.6 Å². The molecular formula is C24H20N4O2S2. The fraction of sp³-hybridized carbons (Fsp3) is 0.167. The molecule has 0 bridgehead atoms. The van der Waals surface area contributed by atoms with E-state index in [0.29, 0.717) is 11.5 Å². The Bertz CT molecular complexity index is 1310. The van der Waals surface area contributed by atoms with Crippen LogP contribution in [0.1, 0.15) is 13.3 Å². The van der Waals surface area contributed by atoms with Gasteiger partial charge in [-0.2, -0.15) is 0 Å². The van der Waals surface area contributed by atoms with Crippen molar-refractivity contribution in [1.82, 2.24) is 9.97 Å². The maximum atomic E-state index is 13.4. The smallest absolute Gasteiger partial charge is 0.237 e. The molecule has 3 heterocycles. The summed E-state index contributed by atoms with van der Waals surface area (Å²) in [5.74, 6) is 0.719. The van der Waals surface area contributed by atoms with Gasteiger partial charge in [0, 0.05) is 17.8 Å². The van der Waals surface area contributed by atoms with Crippen LogP contribution in [0.4, 0.5) is 11.4 Å². The number of nitrogens with zero attached hydrogens (tertiary/aromatic N) is 3. The van der Waals surface area contributed by atoms with Gasteiger partial charge < -0.3 is 10.2 Å². The van der Waals surface area contributed by atoms with E-state index in [0.717, 1.165) is 26.5 Å². The molecule has 1 N–H and O–H groups in total. The van der Waals surface area contributed by atoms with Crippen molar-refractivity contribution in [3.8, 4) is 10.7 Å². The zero-order valence-corrected chi connectivity index (χ0v) is 19.0. The van der Waals surface area contributed by atoms with Crippen molar-refractivity contribution in [2.45, 2.75) is 24.4 Å². The monoisotopic (exact) mass is 460 g/mol. The maximum absolute atomic E-state index is 13.4. The fourth-order valence-electron chi connectivity index (χ4n) is 3.84. The van der Waals surface area contributed by atoms with Crippen molar-refractivity contribution in [2.75, 3.05) is 16.0 Å². The second-order valence-electron chi connectivity index (χ2n) is 7.52. The second-order valence-corrected chi connectivity index (χ2v) is 9.43. The number of hydrogen-bond acceptors (Lipinski definition) is 6. The van der Waals surface area contributed by atoms with Gasteiger partial charge >= 0.3 is 0 Å². The molecule has 1 atom stereocenters. The number of thioether (sulfide) groups is 1. The maximum Gasteiger partial charge on any atom is 0.237 e. The molecule has 0 saturated heterocycles. The molecule has 5 rings (SSSR count). The number of thiophene rings is 1. The highest BCUT2D eigenvalue weighted by Gasteiger charge is 2.29. The first-order chi connectivity index (χ1) is 15.6. The minimum absolute atomic E-state index is 0.0631. The number of hydrogen-bond donors (Lipinski definition) is 1. The standard InChI is InChI=1S/C24H20N4O2S2/c1-15-13-21(29)25-18-9-4-5-10-19(18)28(15)22(30)14-32-24-16-7-2-3-8-17(16)26-23(27-24)20-11-6-12-31-20/h2-12,15H,13-14H2,1H3,(H,25,29)/t15-/m1/s1. The summed E-state index contributed by atoms with van der Waals surface area (Å²) in [5.41, 5.74) is 2.24. The van der Waals surface area contributed by atoms with Gasteiger partial charge in [0.25, 0.3) is 0 Å². The van der Waals surface area contributed by atoms with Crippen molar-refractivity contribution in [2.24, 2.45) is 0 Å². The number of para-hydroxylation sites is 3. The summed E-state index contributed by atoms with van der Waals surface area (Å²) in [6.45, 7) is 1.90. The van der Waals surface area contributed by atoms with Crippen molar-refractivity contribution >= 4 is 57.2 Å². The van der Waals surface area contributed by atoms with E-state index in [4.69, 9.17) is 9.97 Å². The lowest BCUT2D eigenvalue weighted by Crippen LogP contribution is -2.40. The first-order valence-corrected chi connectivity index (χ1v) is 12.1. The van der Waals surface area contributed by atoms with Crippen LogP contribution in [0.3, 0.4) is 0 Å². The first-order valence-electron chi connectivity index (χ1n) is 10.2. The van der Waals surface area contributed by atoms with Crippen LogP contribution in [-0.2, 0) is 9.59 Å². The predicted octanol–water partition coefficient (Wildman–Crippen LogP) is 5.21. The van der Waals surface area contributed by atoms with Gasteiger partial charge in [0.2, 0.25) is 11.8 Å². The summed E-state index contributed by atoms with van der Waals surface area (Å²) in [6.07, 6.45) is 0.254. The summed E-state index contributed by atoms with van der Waals surface area (Å²) < 4.78 is 0. The van der Waals surface area contributed by atoms with E-state index in [1.165, 1.54) is 11.8 Å². The van der Waals surface area contributed by atoms with Crippen LogP contribution in [0.15, 0.2) is 71.1 Å². The third-order valence-corrected chi connectivity index (χ3v) is 7.11. The molecule has 1 aliphatic rings. The number of carbonyl (C=O) groups is 2. The van der Waals surface area contributed by atoms with Crippen molar-refractivity contribution in [3.05, 3.63) is 66.0 Å². The average Bonchev–Trinajstić information content (AvgIpc) is 3.29. The molecule has 8 heteroatoms. The Morgan fingerprint density at radius 3 is 2.78 bits per heavy atom. The lowest BCUT2D eigenvalue weighted by atomic mass is 10.2. The molecule has 4 aromatic rings. The summed E-state index contributed by atoms with van der Waals surface area (Å²) in [7, 11) is 0. The molecule has 2 aromatic carbocycles. The van der Waals surface area contributed by atoms with Crippen LogP contribution in [-0.4, -0.2) is 33.6 Å². The van der Waals surface area contributed by atoms with E-state index in [1.807, 2.05) is 73.0 Å². The predicted molar refractivity (Wildman–Crippen MR) is 130 cm³/mol. The summed E-state index contributed by atoms with van der Waals surface area (Å²) in [6, 6.07) is 19.0. The molecule has 0 saturated carbocycles.